The van der Waals surface area contributed by atoms with Crippen molar-refractivity contribution < 1.29 is 24.1 Å². The van der Waals surface area contributed by atoms with Gasteiger partial charge in [-0.1, -0.05) is 62.3 Å². The van der Waals surface area contributed by atoms with E-state index in [1.54, 1.807) is 6.08 Å². The van der Waals surface area contributed by atoms with Crippen LogP contribution in [0.2, 0.25) is 0 Å². The van der Waals surface area contributed by atoms with Crippen molar-refractivity contribution in [1.82, 2.24) is 4.90 Å². The zero-order chi connectivity index (χ0) is 26.4. The molecule has 6 nitrogen and oxygen atoms in total. The molecule has 4 aliphatic heterocycles. The summed E-state index contributed by atoms with van der Waals surface area (Å²) >= 11 is 0. The quantitative estimate of drug-likeness (QED) is 0.315. The number of esters is 1. The van der Waals surface area contributed by atoms with Gasteiger partial charge < -0.3 is 19.3 Å². The van der Waals surface area contributed by atoms with Crippen LogP contribution in [0.5, 0.6) is 0 Å². The summed E-state index contributed by atoms with van der Waals surface area (Å²) in [6, 6.07) is 0.764. The maximum absolute atomic E-state index is 12.7. The number of carbonyl (C=O) groups excluding carboxylic acids is 1. The Morgan fingerprint density at radius 1 is 1.24 bits per heavy atom. The van der Waals surface area contributed by atoms with Crippen molar-refractivity contribution >= 4 is 5.97 Å². The predicted molar refractivity (Wildman–Crippen MR) is 146 cm³/mol. The second kappa shape index (κ2) is 12.9. The highest BCUT2D eigenvalue weighted by Crippen LogP contribution is 2.37. The number of aliphatic hydroxyl groups excluding tert-OH is 1. The molecule has 0 aromatic carbocycles. The molecule has 0 amide bonds. The summed E-state index contributed by atoms with van der Waals surface area (Å²) in [5.74, 6) is -0.315. The number of likely N-dealkylation sites (N-methyl/N-ethyl adjacent to an activating group) is 1. The minimum absolute atomic E-state index is 0.0636. The smallest absolute Gasteiger partial charge is 0.330 e. The lowest BCUT2D eigenvalue weighted by atomic mass is 9.78. The van der Waals surface area contributed by atoms with Gasteiger partial charge in [0.2, 0.25) is 0 Å². The number of ether oxygens (including phenoxy) is 3. The number of aliphatic hydroxyl groups is 1. The molecule has 6 heteroatoms. The first kappa shape index (κ1) is 28.3. The highest BCUT2D eigenvalue weighted by molar-refractivity contribution is 5.82. The summed E-state index contributed by atoms with van der Waals surface area (Å²) in [5, 5.41) is 10.8. The fourth-order valence-electron chi connectivity index (χ4n) is 6.05. The van der Waals surface area contributed by atoms with E-state index in [2.05, 4.69) is 63.1 Å². The lowest BCUT2D eigenvalue weighted by Crippen LogP contribution is -2.43. The van der Waals surface area contributed by atoms with Crippen molar-refractivity contribution in [3.05, 3.63) is 48.1 Å². The molecular formula is C31H47NO5. The third kappa shape index (κ3) is 8.64. The predicted octanol–water partition coefficient (Wildman–Crippen LogP) is 5.27. The average Bonchev–Trinajstić information content (AvgIpc) is 3.60. The van der Waals surface area contributed by atoms with Crippen LogP contribution in [0.4, 0.5) is 0 Å². The van der Waals surface area contributed by atoms with Gasteiger partial charge in [0.1, 0.15) is 12.2 Å². The average molecular weight is 514 g/mol. The molecule has 1 N–H and O–H groups in total. The Balaban J connectivity index is 1.42. The maximum atomic E-state index is 12.7. The number of cyclic esters (lactones) is 1. The van der Waals surface area contributed by atoms with Gasteiger partial charge in [0, 0.05) is 31.0 Å². The number of hydrogen-bond donors (Lipinski definition) is 1. The Morgan fingerprint density at radius 2 is 2.08 bits per heavy atom. The third-order valence-electron chi connectivity index (χ3n) is 8.43. The van der Waals surface area contributed by atoms with Crippen LogP contribution in [0, 0.1) is 5.41 Å². The van der Waals surface area contributed by atoms with E-state index in [1.165, 1.54) is 5.57 Å². The molecule has 0 spiro atoms. The standard InChI is InChI=1S/C31H47NO5/c1-22-16-18-35-25(19-22)12-7-13-26-20-28-30(37-28)27(33)14-8-17-31(2,3)21-24-11-5-9-23(32(24)4)10-6-15-29(34)36-26/h5-7,9,12,15-16,23-28,30,33H,8,10-11,13-14,17-21H2,1-4H3/b12-7+,15-6+/t23-,24-,25+,26+,27-,28-,30-/m0/s1. The largest absolute Gasteiger partial charge is 0.459 e. The van der Waals surface area contributed by atoms with E-state index in [4.69, 9.17) is 14.2 Å². The third-order valence-corrected chi connectivity index (χ3v) is 8.43. The minimum atomic E-state index is -0.471. The Morgan fingerprint density at radius 3 is 2.89 bits per heavy atom. The molecule has 0 aliphatic carbocycles. The van der Waals surface area contributed by atoms with Gasteiger partial charge >= 0.3 is 5.97 Å². The molecule has 0 aromatic heterocycles. The van der Waals surface area contributed by atoms with Crippen LogP contribution < -0.4 is 0 Å². The number of fused-ring (bicyclic) bond motifs is 3. The van der Waals surface area contributed by atoms with Gasteiger partial charge in [0.05, 0.1) is 24.9 Å². The van der Waals surface area contributed by atoms with E-state index in [0.29, 0.717) is 25.5 Å². The first-order valence-electron chi connectivity index (χ1n) is 14.2. The maximum Gasteiger partial charge on any atom is 0.330 e. The van der Waals surface area contributed by atoms with Crippen LogP contribution >= 0.6 is 0 Å². The molecular weight excluding hydrogens is 466 g/mol. The molecule has 37 heavy (non-hydrogen) atoms. The molecule has 1 fully saturated rings. The van der Waals surface area contributed by atoms with Gasteiger partial charge in [-0.05, 0) is 57.9 Å². The first-order chi connectivity index (χ1) is 17.7. The summed E-state index contributed by atoms with van der Waals surface area (Å²) in [6.07, 6.45) is 21.3. The lowest BCUT2D eigenvalue weighted by Gasteiger charge is -2.40. The monoisotopic (exact) mass is 513 g/mol. The molecule has 0 unspecified atom stereocenters. The van der Waals surface area contributed by atoms with Crippen LogP contribution in [0.25, 0.3) is 0 Å². The summed E-state index contributed by atoms with van der Waals surface area (Å²) in [7, 11) is 2.20. The Bertz CT molecular complexity index is 890. The van der Waals surface area contributed by atoms with Gasteiger partial charge in [-0.25, -0.2) is 4.79 Å². The number of carbonyl (C=O) groups is 1. The van der Waals surface area contributed by atoms with E-state index < -0.39 is 6.10 Å². The molecule has 0 aromatic rings. The summed E-state index contributed by atoms with van der Waals surface area (Å²) in [4.78, 5) is 15.2. The SMILES string of the molecule is CC1=CCO[C@H](/C=C/C[C@@H]2C[C@@H]3O[C@H]3[C@@H](O)CCCC(C)(C)C[C@@H]3CC=C[C@@H](C/C=C/C(=O)O2)N3C)C1. The first-order valence-corrected chi connectivity index (χ1v) is 14.2. The van der Waals surface area contributed by atoms with E-state index >= 15 is 0 Å². The summed E-state index contributed by atoms with van der Waals surface area (Å²) < 4.78 is 17.5. The summed E-state index contributed by atoms with van der Waals surface area (Å²) in [6.45, 7) is 7.46. The fraction of sp³-hybridized carbons (Fsp3) is 0.710. The molecule has 4 heterocycles. The van der Waals surface area contributed by atoms with Gasteiger partial charge in [0.25, 0.3) is 0 Å². The van der Waals surface area contributed by atoms with E-state index in [0.717, 1.165) is 44.9 Å². The minimum Gasteiger partial charge on any atom is -0.459 e. The zero-order valence-electron chi connectivity index (χ0n) is 23.2. The van der Waals surface area contributed by atoms with Crippen molar-refractivity contribution in [2.24, 2.45) is 5.41 Å². The zero-order valence-corrected chi connectivity index (χ0v) is 23.2. The molecule has 4 aliphatic rings. The molecule has 1 saturated heterocycles. The highest BCUT2D eigenvalue weighted by atomic mass is 16.6. The molecule has 0 saturated carbocycles. The number of nitrogens with zero attached hydrogens (tertiary/aromatic N) is 1. The Labute approximate surface area is 223 Å². The van der Waals surface area contributed by atoms with Crippen molar-refractivity contribution in [3.8, 4) is 0 Å². The Kier molecular flexibility index (Phi) is 9.84. The second-order valence-electron chi connectivity index (χ2n) is 12.2. The number of hydrogen-bond acceptors (Lipinski definition) is 6. The Hall–Kier alpha value is -1.73. The summed E-state index contributed by atoms with van der Waals surface area (Å²) in [5.41, 5.74) is 1.54. The van der Waals surface area contributed by atoms with Crippen molar-refractivity contribution in [2.75, 3.05) is 13.7 Å². The molecule has 7 atom stereocenters. The normalized spacial score (nSPS) is 38.7. The fourth-order valence-corrected chi connectivity index (χ4v) is 6.05. The van der Waals surface area contributed by atoms with E-state index in [9.17, 15) is 9.90 Å². The molecule has 2 bridgehead atoms. The van der Waals surface area contributed by atoms with Gasteiger partial charge in [-0.3, -0.25) is 4.90 Å². The topological polar surface area (TPSA) is 71.5 Å². The van der Waals surface area contributed by atoms with Crippen molar-refractivity contribution in [3.63, 3.8) is 0 Å². The molecule has 206 valence electrons. The lowest BCUT2D eigenvalue weighted by molar-refractivity contribution is -0.143. The number of epoxide rings is 1. The number of rotatable bonds is 3. The van der Waals surface area contributed by atoms with Crippen LogP contribution in [0.15, 0.2) is 48.1 Å². The molecule has 4 rings (SSSR count). The van der Waals surface area contributed by atoms with Gasteiger partial charge in [-0.15, -0.1) is 0 Å². The molecule has 0 radical (unpaired) electrons. The van der Waals surface area contributed by atoms with Gasteiger partial charge in [-0.2, -0.15) is 0 Å². The van der Waals surface area contributed by atoms with Crippen LogP contribution in [0.3, 0.4) is 0 Å². The van der Waals surface area contributed by atoms with E-state index in [-0.39, 0.29) is 41.8 Å². The van der Waals surface area contributed by atoms with Gasteiger partial charge in [0.15, 0.2) is 0 Å². The van der Waals surface area contributed by atoms with Crippen LogP contribution in [0.1, 0.15) is 78.6 Å². The second-order valence-corrected chi connectivity index (χ2v) is 12.2. The highest BCUT2D eigenvalue weighted by Gasteiger charge is 2.45. The van der Waals surface area contributed by atoms with E-state index in [1.807, 2.05) is 6.08 Å². The van der Waals surface area contributed by atoms with Crippen molar-refractivity contribution in [2.45, 2.75) is 121 Å². The van der Waals surface area contributed by atoms with Crippen molar-refractivity contribution in [1.29, 1.82) is 0 Å². The van der Waals surface area contributed by atoms with Crippen LogP contribution in [-0.4, -0.2) is 72.2 Å². The van der Waals surface area contributed by atoms with Crippen LogP contribution in [-0.2, 0) is 19.0 Å².